The van der Waals surface area contributed by atoms with Crippen LogP contribution in [0.1, 0.15) is 19.4 Å². The van der Waals surface area contributed by atoms with Crippen molar-refractivity contribution in [3.63, 3.8) is 0 Å². The zero-order valence-corrected chi connectivity index (χ0v) is 17.3. The fraction of sp³-hybridized carbons (Fsp3) is 0.318. The fourth-order valence-corrected chi connectivity index (χ4v) is 3.26. The van der Waals surface area contributed by atoms with E-state index in [1.165, 1.54) is 11.8 Å². The number of halogens is 2. The number of amides is 3. The van der Waals surface area contributed by atoms with Crippen molar-refractivity contribution in [3.05, 3.63) is 59.7 Å². The van der Waals surface area contributed by atoms with Crippen molar-refractivity contribution in [1.82, 2.24) is 10.6 Å². The van der Waals surface area contributed by atoms with E-state index in [9.17, 15) is 23.2 Å². The predicted octanol–water partition coefficient (Wildman–Crippen LogP) is 2.15. The SMILES string of the molecule is CC(C(=O)NCc1cc(F)cc(F)c1)C(=O)N[C@@H]1C(=O)N(C)c2ccccc2OC1C. The van der Waals surface area contributed by atoms with Crippen molar-refractivity contribution in [2.45, 2.75) is 32.5 Å². The molecular formula is C22H23F2N3O4. The number of carbonyl (C=O) groups excluding carboxylic acids is 3. The fourth-order valence-electron chi connectivity index (χ4n) is 3.26. The molecule has 1 aliphatic heterocycles. The van der Waals surface area contributed by atoms with Gasteiger partial charge in [-0.3, -0.25) is 14.4 Å². The molecule has 2 aromatic rings. The van der Waals surface area contributed by atoms with Gasteiger partial charge in [0.2, 0.25) is 11.8 Å². The molecule has 3 rings (SSSR count). The molecule has 0 saturated carbocycles. The number of hydrogen-bond acceptors (Lipinski definition) is 4. The van der Waals surface area contributed by atoms with E-state index >= 15 is 0 Å². The third-order valence-electron chi connectivity index (χ3n) is 5.08. The first-order valence-corrected chi connectivity index (χ1v) is 9.73. The van der Waals surface area contributed by atoms with Crippen molar-refractivity contribution in [3.8, 4) is 5.75 Å². The van der Waals surface area contributed by atoms with Gasteiger partial charge in [-0.2, -0.15) is 0 Å². The highest BCUT2D eigenvalue weighted by Gasteiger charge is 2.37. The van der Waals surface area contributed by atoms with Gasteiger partial charge in [-0.1, -0.05) is 12.1 Å². The number of fused-ring (bicyclic) bond motifs is 1. The number of ether oxygens (including phenoxy) is 1. The molecule has 0 radical (unpaired) electrons. The number of anilines is 1. The molecule has 3 amide bonds. The number of nitrogens with zero attached hydrogens (tertiary/aromatic N) is 1. The number of nitrogens with one attached hydrogen (secondary N) is 2. The summed E-state index contributed by atoms with van der Waals surface area (Å²) >= 11 is 0. The summed E-state index contributed by atoms with van der Waals surface area (Å²) in [6.45, 7) is 2.88. The zero-order chi connectivity index (χ0) is 22.7. The maximum Gasteiger partial charge on any atom is 0.253 e. The van der Waals surface area contributed by atoms with E-state index in [2.05, 4.69) is 10.6 Å². The zero-order valence-electron chi connectivity index (χ0n) is 17.3. The number of rotatable bonds is 5. The minimum atomic E-state index is -1.14. The first kappa shape index (κ1) is 22.2. The Morgan fingerprint density at radius 2 is 1.77 bits per heavy atom. The van der Waals surface area contributed by atoms with Crippen molar-refractivity contribution < 1.29 is 27.9 Å². The molecule has 0 bridgehead atoms. The molecule has 0 aromatic heterocycles. The Morgan fingerprint density at radius 1 is 1.13 bits per heavy atom. The highest BCUT2D eigenvalue weighted by molar-refractivity contribution is 6.04. The summed E-state index contributed by atoms with van der Waals surface area (Å²) in [6.07, 6.45) is -0.673. The van der Waals surface area contributed by atoms with Gasteiger partial charge >= 0.3 is 0 Å². The van der Waals surface area contributed by atoms with Gasteiger partial charge in [-0.25, -0.2) is 8.78 Å². The van der Waals surface area contributed by atoms with Gasteiger partial charge < -0.3 is 20.3 Å². The molecule has 0 aliphatic carbocycles. The van der Waals surface area contributed by atoms with Crippen LogP contribution >= 0.6 is 0 Å². The summed E-state index contributed by atoms with van der Waals surface area (Å²) in [5, 5.41) is 5.05. The number of para-hydroxylation sites is 2. The second kappa shape index (κ2) is 9.11. The minimum absolute atomic E-state index is 0.148. The summed E-state index contributed by atoms with van der Waals surface area (Å²) in [5.74, 6) is -3.86. The molecular weight excluding hydrogens is 408 g/mol. The standard InChI is InChI=1S/C22H23F2N3O4/c1-12(20(28)25-11-14-8-15(23)10-16(24)9-14)21(29)26-19-13(2)31-18-7-5-4-6-17(18)27(3)22(19)30/h4-10,12-13,19H,11H2,1-3H3,(H,25,28)(H,26,29)/t12?,13?,19-/m0/s1. The van der Waals surface area contributed by atoms with Crippen molar-refractivity contribution >= 4 is 23.4 Å². The van der Waals surface area contributed by atoms with E-state index < -0.39 is 41.5 Å². The normalized spacial score (nSPS) is 19.0. The smallest absolute Gasteiger partial charge is 0.253 e. The van der Waals surface area contributed by atoms with Crippen LogP contribution in [0.25, 0.3) is 0 Å². The average molecular weight is 431 g/mol. The second-order valence-electron chi connectivity index (χ2n) is 7.39. The number of hydrogen-bond donors (Lipinski definition) is 2. The topological polar surface area (TPSA) is 87.7 Å². The maximum absolute atomic E-state index is 13.3. The molecule has 31 heavy (non-hydrogen) atoms. The molecule has 2 N–H and O–H groups in total. The lowest BCUT2D eigenvalue weighted by atomic mass is 10.1. The van der Waals surface area contributed by atoms with Crippen LogP contribution in [0.4, 0.5) is 14.5 Å². The summed E-state index contributed by atoms with van der Waals surface area (Å²) in [7, 11) is 1.58. The van der Waals surface area contributed by atoms with Crippen LogP contribution in [0.2, 0.25) is 0 Å². The Labute approximate surface area is 178 Å². The van der Waals surface area contributed by atoms with E-state index in [1.807, 2.05) is 0 Å². The number of benzene rings is 2. The molecule has 0 spiro atoms. The largest absolute Gasteiger partial charge is 0.486 e. The Hall–Kier alpha value is -3.49. The van der Waals surface area contributed by atoms with Gasteiger partial charge in [0.05, 0.1) is 5.69 Å². The van der Waals surface area contributed by atoms with Crippen LogP contribution < -0.4 is 20.3 Å². The van der Waals surface area contributed by atoms with Gasteiger partial charge in [0.15, 0.2) is 0 Å². The van der Waals surface area contributed by atoms with Crippen molar-refractivity contribution in [2.75, 3.05) is 11.9 Å². The molecule has 2 unspecified atom stereocenters. The van der Waals surface area contributed by atoms with Gasteiger partial charge in [0.25, 0.3) is 5.91 Å². The maximum atomic E-state index is 13.3. The van der Waals surface area contributed by atoms with E-state index in [4.69, 9.17) is 4.74 Å². The number of carbonyl (C=O) groups is 3. The average Bonchev–Trinajstić information content (AvgIpc) is 2.81. The lowest BCUT2D eigenvalue weighted by Gasteiger charge is -2.25. The number of likely N-dealkylation sites (N-methyl/N-ethyl adjacent to an activating group) is 1. The molecule has 1 aliphatic rings. The Kier molecular flexibility index (Phi) is 6.53. The van der Waals surface area contributed by atoms with Gasteiger partial charge in [-0.05, 0) is 43.7 Å². The molecule has 0 fully saturated rings. The summed E-state index contributed by atoms with van der Waals surface area (Å²) in [5.41, 5.74) is 0.794. The molecule has 9 heteroatoms. The van der Waals surface area contributed by atoms with E-state index in [0.29, 0.717) is 11.4 Å². The van der Waals surface area contributed by atoms with Crippen LogP contribution in [-0.4, -0.2) is 36.9 Å². The summed E-state index contributed by atoms with van der Waals surface area (Å²) < 4.78 is 32.4. The molecule has 0 saturated heterocycles. The Morgan fingerprint density at radius 3 is 2.45 bits per heavy atom. The van der Waals surface area contributed by atoms with Gasteiger partial charge in [0.1, 0.15) is 35.4 Å². The highest BCUT2D eigenvalue weighted by Crippen LogP contribution is 2.31. The van der Waals surface area contributed by atoms with Crippen molar-refractivity contribution in [2.24, 2.45) is 5.92 Å². The lowest BCUT2D eigenvalue weighted by Crippen LogP contribution is -2.55. The van der Waals surface area contributed by atoms with Gasteiger partial charge in [0, 0.05) is 19.7 Å². The minimum Gasteiger partial charge on any atom is -0.486 e. The summed E-state index contributed by atoms with van der Waals surface area (Å²) in [4.78, 5) is 39.3. The van der Waals surface area contributed by atoms with Gasteiger partial charge in [-0.15, -0.1) is 0 Å². The lowest BCUT2D eigenvalue weighted by molar-refractivity contribution is -0.137. The Bertz CT molecular complexity index is 994. The molecule has 3 atom stereocenters. The van der Waals surface area contributed by atoms with Crippen molar-refractivity contribution in [1.29, 1.82) is 0 Å². The molecule has 2 aromatic carbocycles. The summed E-state index contributed by atoms with van der Waals surface area (Å²) in [6, 6.07) is 8.91. The first-order valence-electron chi connectivity index (χ1n) is 9.73. The third-order valence-corrected chi connectivity index (χ3v) is 5.08. The van der Waals surface area contributed by atoms with Crippen LogP contribution in [0.5, 0.6) is 5.75 Å². The first-order chi connectivity index (χ1) is 14.7. The third kappa shape index (κ3) is 4.99. The molecule has 7 nitrogen and oxygen atoms in total. The second-order valence-corrected chi connectivity index (χ2v) is 7.39. The molecule has 164 valence electrons. The van der Waals surface area contributed by atoms with E-state index in [-0.39, 0.29) is 18.0 Å². The quantitative estimate of drug-likeness (QED) is 0.711. The van der Waals surface area contributed by atoms with Crippen LogP contribution in [-0.2, 0) is 20.9 Å². The Balaban J connectivity index is 1.64. The van der Waals surface area contributed by atoms with Crippen LogP contribution in [0, 0.1) is 17.6 Å². The highest BCUT2D eigenvalue weighted by atomic mass is 19.1. The van der Waals surface area contributed by atoms with E-state index in [0.717, 1.165) is 18.2 Å². The predicted molar refractivity (Wildman–Crippen MR) is 109 cm³/mol. The van der Waals surface area contributed by atoms with Crippen LogP contribution in [0.15, 0.2) is 42.5 Å². The monoisotopic (exact) mass is 431 g/mol. The van der Waals surface area contributed by atoms with Crippen LogP contribution in [0.3, 0.4) is 0 Å². The van der Waals surface area contributed by atoms with E-state index in [1.54, 1.807) is 38.2 Å². The molecule has 1 heterocycles.